The molecule has 7 aliphatic rings. The van der Waals surface area contributed by atoms with Crippen molar-refractivity contribution in [3.8, 4) is 11.8 Å². The highest BCUT2D eigenvalue weighted by Crippen LogP contribution is 2.72. The third kappa shape index (κ3) is 20.8. The third-order valence-electron chi connectivity index (χ3n) is 21.8. The number of hydrogen-bond donors (Lipinski definition) is 9. The van der Waals surface area contributed by atoms with Gasteiger partial charge in [-0.2, -0.15) is 0 Å². The Morgan fingerprint density at radius 3 is 2.06 bits per heavy atom. The predicted octanol–water partition coefficient (Wildman–Crippen LogP) is 6.18. The first kappa shape index (κ1) is 84.0. The zero-order valence-electron chi connectivity index (χ0n) is 62.5. The van der Waals surface area contributed by atoms with Crippen LogP contribution in [-0.4, -0.2) is 203 Å². The number of ketones is 2. The monoisotopic (exact) mass is 1490 g/mol. The van der Waals surface area contributed by atoms with Crippen LogP contribution in [0.2, 0.25) is 0 Å². The van der Waals surface area contributed by atoms with Crippen molar-refractivity contribution in [3.63, 3.8) is 0 Å². The number of halogens is 2. The van der Waals surface area contributed by atoms with E-state index in [4.69, 9.17) is 48.4 Å². The molecule has 1 aromatic carbocycles. The maximum absolute atomic E-state index is 18.0. The summed E-state index contributed by atoms with van der Waals surface area (Å²) in [5.41, 5.74) is -3.12. The summed E-state index contributed by atoms with van der Waals surface area (Å²) >= 11 is 0. The van der Waals surface area contributed by atoms with E-state index in [0.29, 0.717) is 88.0 Å². The lowest BCUT2D eigenvalue weighted by atomic mass is 9.44. The molecular weight excluding hydrogens is 1380 g/mol. The summed E-state index contributed by atoms with van der Waals surface area (Å²) in [6.45, 7) is 16.7. The van der Waals surface area contributed by atoms with Gasteiger partial charge in [0.1, 0.15) is 36.4 Å². The van der Waals surface area contributed by atoms with Gasteiger partial charge in [-0.25, -0.2) is 28.0 Å². The third-order valence-corrected chi connectivity index (χ3v) is 21.8. The van der Waals surface area contributed by atoms with E-state index in [9.17, 15) is 53.1 Å². The molecule has 10 N–H and O–H groups in total. The van der Waals surface area contributed by atoms with Crippen LogP contribution in [0.4, 0.5) is 28.9 Å². The molecule has 3 unspecified atom stereocenters. The van der Waals surface area contributed by atoms with Crippen molar-refractivity contribution >= 4 is 65.1 Å². The molecule has 0 spiro atoms. The molecule has 1 aliphatic heterocycles. The fourth-order valence-electron chi connectivity index (χ4n) is 16.2. The van der Waals surface area contributed by atoms with Gasteiger partial charge >= 0.3 is 24.2 Å². The fourth-order valence-corrected chi connectivity index (χ4v) is 16.2. The number of esters is 1. The average molecular weight is 1490 g/mol. The molecule has 30 heteroatoms. The summed E-state index contributed by atoms with van der Waals surface area (Å²) in [6, 6.07) is 2.02. The van der Waals surface area contributed by atoms with Crippen molar-refractivity contribution in [3.05, 3.63) is 53.6 Å². The number of allylic oxidation sites excluding steroid dienone is 4. The number of aliphatic hydroxyl groups is 1. The number of carbonyl (C=O) groups excluding carboxylic acids is 10. The normalized spacial score (nSPS) is 28.3. The smallest absolute Gasteiger partial charge is 0.408 e. The van der Waals surface area contributed by atoms with Gasteiger partial charge in [0.2, 0.25) is 29.4 Å². The SMILES string of the molecule is CCCC1O[C@@H]2C[C@H]3[C@@H]4C[C@H](F)C5=CC(=O)C=C[C@]5(C)[C@@]4(F)[C@@H](O)C[C@]3(C)[C@]2(C(=O)COC(=O)C(C)(C)NC(=O)[C@H](CC(C)C)NC(=O)OCc2ccc(NC(=O)[C@H](CCCNC(N)=O)NC(=O)[C@@H](NC(=O)CCOCCOCCOCCOCCNC(=O)OCC3C4CCC#CCCC43)C(C)C)cc2)O1. The van der Waals surface area contributed by atoms with Gasteiger partial charge in [0, 0.05) is 54.8 Å². The molecule has 4 saturated carbocycles. The zero-order valence-corrected chi connectivity index (χ0v) is 62.5. The molecule has 8 amide bonds. The molecule has 588 valence electrons. The Kier molecular flexibility index (Phi) is 30.0. The number of fused-ring (bicyclic) bond motifs is 8. The van der Waals surface area contributed by atoms with E-state index in [1.807, 2.05) is 20.8 Å². The van der Waals surface area contributed by atoms with Crippen LogP contribution in [0.25, 0.3) is 0 Å². The number of urea groups is 1. The van der Waals surface area contributed by atoms with Gasteiger partial charge in [0.25, 0.3) is 0 Å². The Labute approximate surface area is 619 Å². The number of rotatable bonds is 40. The number of alkyl halides is 2. The first-order valence-electron chi connectivity index (χ1n) is 37.3. The molecule has 1 heterocycles. The summed E-state index contributed by atoms with van der Waals surface area (Å²) in [7, 11) is 0. The second kappa shape index (κ2) is 37.9. The second-order valence-electron chi connectivity index (χ2n) is 30.4. The van der Waals surface area contributed by atoms with Crippen LogP contribution in [-0.2, 0) is 82.8 Å². The van der Waals surface area contributed by atoms with Gasteiger partial charge in [0.15, 0.2) is 29.9 Å². The number of nitrogens with two attached hydrogens (primary N) is 1. The fraction of sp³-hybridized carbons (Fsp3) is 0.711. The number of anilines is 1. The highest BCUT2D eigenvalue weighted by Gasteiger charge is 2.80. The van der Waals surface area contributed by atoms with Crippen molar-refractivity contribution < 1.29 is 104 Å². The van der Waals surface area contributed by atoms with Crippen molar-refractivity contribution in [1.82, 2.24) is 31.9 Å². The maximum atomic E-state index is 18.0. The molecule has 1 aromatic rings. The first-order valence-corrected chi connectivity index (χ1v) is 37.3. The number of nitrogens with one attached hydrogen (secondary N) is 7. The van der Waals surface area contributed by atoms with E-state index in [0.717, 1.165) is 31.8 Å². The Balaban J connectivity index is 0.738. The van der Waals surface area contributed by atoms with Crippen molar-refractivity contribution in [2.75, 3.05) is 84.5 Å². The molecule has 5 fully saturated rings. The summed E-state index contributed by atoms with van der Waals surface area (Å²) in [6.07, 6.45) is 1.57. The standard InChI is InChI=1S/C76H110F2N8O20/c1-10-16-63-105-61-40-53-54-39-56(77)55-38-49(87)24-26-73(55,8)75(54,78)59(88)41-74(53,9)76(61,106-63)60(89)44-102-68(94)72(6,7)86-66(92)58(37-45(2)3)84-71(97)103-42-47-20-22-48(23-21-47)82-65(91)57(19-15-27-80-69(79)95)83-67(93)64(46(4)5)85-62(90)25-29-98-31-33-100-35-36-101-34-32-99-30-28-81-70(96)104-43-52-50-17-13-11-12-14-18-51(50)52/h20-24,26,38,45-46,50-54,56-59,61,63-64,88H,10,13-19,25,27-37,39-44H2,1-9H3,(H,81,96)(H,82,91)(H,83,93)(H,84,97)(H,85,90)(H,86,92)(H3,79,80,95)/t50?,51?,52?,53-,54-,56-,57-,58-,59-,61+,63?,64-,73-,74-,75-,76+/m0/s1. The number of ether oxygens (including phenoxy) is 9. The predicted molar refractivity (Wildman–Crippen MR) is 381 cm³/mol. The molecule has 0 bridgehead atoms. The van der Waals surface area contributed by atoms with Gasteiger partial charge in [-0.3, -0.25) is 28.8 Å². The number of alkyl carbamates (subject to hydrolysis) is 2. The molecule has 0 radical (unpaired) electrons. The van der Waals surface area contributed by atoms with Crippen LogP contribution in [0.5, 0.6) is 0 Å². The Bertz CT molecular complexity index is 3380. The van der Waals surface area contributed by atoms with E-state index in [2.05, 4.69) is 49.1 Å². The lowest BCUT2D eigenvalue weighted by Crippen LogP contribution is -2.71. The number of benzene rings is 1. The topological polar surface area (TPSA) is 384 Å². The van der Waals surface area contributed by atoms with Crippen molar-refractivity contribution in [2.45, 2.75) is 212 Å². The van der Waals surface area contributed by atoms with E-state index in [1.165, 1.54) is 45.1 Å². The van der Waals surface area contributed by atoms with Crippen LogP contribution >= 0.6 is 0 Å². The lowest BCUT2D eigenvalue weighted by Gasteiger charge is -2.63. The van der Waals surface area contributed by atoms with Gasteiger partial charge in [-0.1, -0.05) is 66.2 Å². The van der Waals surface area contributed by atoms with Crippen LogP contribution < -0.4 is 43.0 Å². The van der Waals surface area contributed by atoms with Gasteiger partial charge < -0.3 is 90.7 Å². The average Bonchev–Trinajstić information content (AvgIpc) is 1.43. The zero-order chi connectivity index (χ0) is 77.2. The van der Waals surface area contributed by atoms with Crippen molar-refractivity contribution in [1.29, 1.82) is 0 Å². The van der Waals surface area contributed by atoms with E-state index < -0.39 is 154 Å². The Hall–Kier alpha value is -7.66. The molecule has 8 rings (SSSR count). The summed E-state index contributed by atoms with van der Waals surface area (Å²) in [5, 5.41) is 30.6. The highest BCUT2D eigenvalue weighted by atomic mass is 19.1. The van der Waals surface area contributed by atoms with Crippen LogP contribution in [0.3, 0.4) is 0 Å². The number of primary amides is 1. The Morgan fingerprint density at radius 1 is 0.774 bits per heavy atom. The van der Waals surface area contributed by atoms with Gasteiger partial charge in [-0.15, -0.1) is 11.8 Å². The molecule has 28 nitrogen and oxygen atoms in total. The Morgan fingerprint density at radius 2 is 1.42 bits per heavy atom. The molecular formula is C76H110F2N8O20. The molecule has 106 heavy (non-hydrogen) atoms. The lowest BCUT2D eigenvalue weighted by molar-refractivity contribution is -0.235. The molecule has 1 saturated heterocycles. The van der Waals surface area contributed by atoms with E-state index >= 15 is 8.78 Å². The second-order valence-corrected chi connectivity index (χ2v) is 30.4. The number of carbonyl (C=O) groups is 10. The number of amides is 8. The largest absolute Gasteiger partial charge is 0.456 e. The quantitative estimate of drug-likeness (QED) is 0.0153. The van der Waals surface area contributed by atoms with Gasteiger partial charge in [-0.05, 0) is 149 Å². The number of hydrogen-bond acceptors (Lipinski definition) is 20. The molecule has 0 aromatic heterocycles. The van der Waals surface area contributed by atoms with E-state index in [1.54, 1.807) is 32.9 Å². The number of Topliss-reactive ketones (excluding diaryl/α,β-unsaturated/α-hetero) is 1. The van der Waals surface area contributed by atoms with Crippen LogP contribution in [0.1, 0.15) is 151 Å². The van der Waals surface area contributed by atoms with Crippen molar-refractivity contribution in [2.24, 2.45) is 58.0 Å². The van der Waals surface area contributed by atoms with Crippen LogP contribution in [0, 0.1) is 64.1 Å². The minimum absolute atomic E-state index is 0.0406. The minimum atomic E-state index is -2.43. The summed E-state index contributed by atoms with van der Waals surface area (Å²) in [5.74, 6) is 0.840. The minimum Gasteiger partial charge on any atom is -0.456 e. The summed E-state index contributed by atoms with van der Waals surface area (Å²) in [4.78, 5) is 133. The van der Waals surface area contributed by atoms with E-state index in [-0.39, 0.29) is 89.4 Å². The number of aliphatic hydroxyl groups excluding tert-OH is 1. The maximum Gasteiger partial charge on any atom is 0.408 e. The van der Waals surface area contributed by atoms with Gasteiger partial charge in [0.05, 0.1) is 71.7 Å². The first-order chi connectivity index (χ1) is 50.4. The molecule has 15 atom stereocenters. The highest BCUT2D eigenvalue weighted by molar-refractivity contribution is 6.02. The molecule has 6 aliphatic carbocycles. The van der Waals surface area contributed by atoms with Crippen LogP contribution in [0.15, 0.2) is 48.1 Å². The summed E-state index contributed by atoms with van der Waals surface area (Å²) < 4.78 is 86.1.